The van der Waals surface area contributed by atoms with Gasteiger partial charge in [0, 0.05) is 24.7 Å². The van der Waals surface area contributed by atoms with E-state index in [0.29, 0.717) is 40.8 Å². The molecule has 1 heterocycles. The van der Waals surface area contributed by atoms with Crippen LogP contribution in [-0.4, -0.2) is 28.9 Å². The fraction of sp³-hybridized carbons (Fsp3) is 0.292. The molecule has 2 aliphatic rings. The Morgan fingerprint density at radius 1 is 1.15 bits per heavy atom. The summed E-state index contributed by atoms with van der Waals surface area (Å²) in [5.41, 5.74) is 1.05. The Kier molecular flexibility index (Phi) is 5.72. The molecule has 0 aromatic heterocycles. The van der Waals surface area contributed by atoms with Crippen molar-refractivity contribution in [2.24, 2.45) is 0 Å². The van der Waals surface area contributed by atoms with Gasteiger partial charge in [0.05, 0.1) is 35.5 Å². The standard InChI is InChI=1S/C24H20F3N3O3/c1-29-22(18-9-8-14(12-28)10-15(18)13-31)21-19(6-3-7-20(21)32)30(23(29)33)17-5-2-4-16(11-17)24(25,26)27/h2,4-5,8-11,22,31H,3,6-7,13H2,1H3. The molecule has 0 fully saturated rings. The van der Waals surface area contributed by atoms with E-state index < -0.39 is 30.4 Å². The number of nitrogens with zero attached hydrogens (tertiary/aromatic N) is 3. The van der Waals surface area contributed by atoms with E-state index in [1.165, 1.54) is 35.0 Å². The zero-order valence-electron chi connectivity index (χ0n) is 17.7. The molecule has 2 aromatic rings. The average Bonchev–Trinajstić information content (AvgIpc) is 2.80. The van der Waals surface area contributed by atoms with E-state index in [9.17, 15) is 33.1 Å². The van der Waals surface area contributed by atoms with Crippen molar-refractivity contribution in [1.82, 2.24) is 4.90 Å². The fourth-order valence-corrected chi connectivity index (χ4v) is 4.50. The number of carbonyl (C=O) groups excluding carboxylic acids is 2. The Morgan fingerprint density at radius 2 is 1.91 bits per heavy atom. The zero-order chi connectivity index (χ0) is 23.9. The van der Waals surface area contributed by atoms with Gasteiger partial charge in [-0.25, -0.2) is 4.79 Å². The molecule has 4 rings (SSSR count). The number of rotatable bonds is 3. The minimum atomic E-state index is -4.58. The number of ketones is 1. The lowest BCUT2D eigenvalue weighted by Crippen LogP contribution is -2.50. The number of allylic oxidation sites excluding steroid dienone is 1. The van der Waals surface area contributed by atoms with Gasteiger partial charge in [-0.05, 0) is 54.3 Å². The molecule has 1 aliphatic heterocycles. The third kappa shape index (κ3) is 3.87. The summed E-state index contributed by atoms with van der Waals surface area (Å²) in [7, 11) is 1.47. The van der Waals surface area contributed by atoms with Crippen molar-refractivity contribution >= 4 is 17.5 Å². The summed E-state index contributed by atoms with van der Waals surface area (Å²) in [5, 5.41) is 19.1. The summed E-state index contributed by atoms with van der Waals surface area (Å²) < 4.78 is 39.9. The summed E-state index contributed by atoms with van der Waals surface area (Å²) in [6.45, 7) is -0.405. The molecule has 1 atom stereocenters. The minimum absolute atomic E-state index is 0.0320. The Hall–Kier alpha value is -3.64. The Bertz CT molecular complexity index is 1210. The van der Waals surface area contributed by atoms with E-state index in [2.05, 4.69) is 0 Å². The summed E-state index contributed by atoms with van der Waals surface area (Å²) in [6.07, 6.45) is -3.52. The molecule has 1 unspecified atom stereocenters. The van der Waals surface area contributed by atoms with E-state index in [-0.39, 0.29) is 17.9 Å². The monoisotopic (exact) mass is 455 g/mol. The number of benzene rings is 2. The minimum Gasteiger partial charge on any atom is -0.392 e. The number of likely N-dealkylation sites (N-methyl/N-ethyl adjacent to an activating group) is 1. The number of carbonyl (C=O) groups is 2. The molecular weight excluding hydrogens is 435 g/mol. The molecule has 0 saturated heterocycles. The van der Waals surface area contributed by atoms with Crippen LogP contribution in [0.2, 0.25) is 0 Å². The molecular formula is C24H20F3N3O3. The van der Waals surface area contributed by atoms with Crippen LogP contribution in [-0.2, 0) is 17.6 Å². The van der Waals surface area contributed by atoms with Gasteiger partial charge in [0.2, 0.25) is 0 Å². The van der Waals surface area contributed by atoms with Gasteiger partial charge in [0.25, 0.3) is 0 Å². The van der Waals surface area contributed by atoms with Gasteiger partial charge in [-0.1, -0.05) is 12.1 Å². The number of hydrogen-bond acceptors (Lipinski definition) is 4. The average molecular weight is 455 g/mol. The van der Waals surface area contributed by atoms with Gasteiger partial charge in [-0.15, -0.1) is 0 Å². The van der Waals surface area contributed by atoms with Gasteiger partial charge >= 0.3 is 12.2 Å². The van der Waals surface area contributed by atoms with Crippen molar-refractivity contribution in [3.8, 4) is 6.07 Å². The SMILES string of the molecule is CN1C(=O)N(c2cccc(C(F)(F)F)c2)C2=C(C(=O)CCC2)C1c1ccc(C#N)cc1CO. The number of nitriles is 1. The number of amides is 2. The van der Waals surface area contributed by atoms with Gasteiger partial charge in [0.1, 0.15) is 0 Å². The molecule has 0 bridgehead atoms. The highest BCUT2D eigenvalue weighted by molar-refractivity contribution is 6.06. The lowest BCUT2D eigenvalue weighted by Gasteiger charge is -2.44. The second kappa shape index (κ2) is 8.37. The number of anilines is 1. The highest BCUT2D eigenvalue weighted by Gasteiger charge is 2.44. The normalized spacial score (nSPS) is 19.0. The summed E-state index contributed by atoms with van der Waals surface area (Å²) in [5.74, 6) is -0.203. The lowest BCUT2D eigenvalue weighted by molar-refractivity contribution is -0.137. The van der Waals surface area contributed by atoms with Gasteiger partial charge < -0.3 is 10.0 Å². The van der Waals surface area contributed by atoms with Crippen molar-refractivity contribution in [3.63, 3.8) is 0 Å². The molecule has 0 radical (unpaired) electrons. The van der Waals surface area contributed by atoms with Crippen LogP contribution in [0, 0.1) is 11.3 Å². The van der Waals surface area contributed by atoms with Crippen molar-refractivity contribution in [3.05, 3.63) is 76.0 Å². The van der Waals surface area contributed by atoms with E-state index in [1.807, 2.05) is 6.07 Å². The van der Waals surface area contributed by atoms with Crippen molar-refractivity contribution < 1.29 is 27.9 Å². The smallest absolute Gasteiger partial charge is 0.392 e. The van der Waals surface area contributed by atoms with Gasteiger partial charge in [-0.2, -0.15) is 18.4 Å². The van der Waals surface area contributed by atoms with E-state index in [4.69, 9.17) is 0 Å². The number of halogens is 3. The molecule has 0 saturated carbocycles. The highest BCUT2D eigenvalue weighted by atomic mass is 19.4. The van der Waals surface area contributed by atoms with E-state index in [1.54, 1.807) is 12.1 Å². The first-order valence-electron chi connectivity index (χ1n) is 10.3. The van der Waals surface area contributed by atoms with E-state index >= 15 is 0 Å². The number of urea groups is 1. The molecule has 0 spiro atoms. The molecule has 1 N–H and O–H groups in total. The maximum Gasteiger partial charge on any atom is 0.416 e. The number of alkyl halides is 3. The molecule has 33 heavy (non-hydrogen) atoms. The van der Waals surface area contributed by atoms with Crippen LogP contribution < -0.4 is 4.90 Å². The first-order chi connectivity index (χ1) is 15.7. The topological polar surface area (TPSA) is 84.6 Å². The molecule has 9 heteroatoms. The summed E-state index contributed by atoms with van der Waals surface area (Å²) in [6, 6.07) is 9.70. The van der Waals surface area contributed by atoms with Crippen LogP contribution >= 0.6 is 0 Å². The second-order valence-corrected chi connectivity index (χ2v) is 8.00. The van der Waals surface area contributed by atoms with Crippen LogP contribution in [0.1, 0.15) is 47.6 Å². The predicted molar refractivity (Wildman–Crippen MR) is 113 cm³/mol. The van der Waals surface area contributed by atoms with Gasteiger partial charge in [-0.3, -0.25) is 9.69 Å². The van der Waals surface area contributed by atoms with Crippen LogP contribution in [0.15, 0.2) is 53.7 Å². The summed E-state index contributed by atoms with van der Waals surface area (Å²) >= 11 is 0. The first-order valence-corrected chi connectivity index (χ1v) is 10.3. The summed E-state index contributed by atoms with van der Waals surface area (Å²) in [4.78, 5) is 29.0. The number of aliphatic hydroxyl groups is 1. The molecule has 2 aromatic carbocycles. The zero-order valence-corrected chi connectivity index (χ0v) is 17.7. The molecule has 1 aliphatic carbocycles. The lowest BCUT2D eigenvalue weighted by atomic mass is 9.82. The third-order valence-corrected chi connectivity index (χ3v) is 6.02. The Balaban J connectivity index is 1.92. The van der Waals surface area contributed by atoms with Crippen LogP contribution in [0.5, 0.6) is 0 Å². The van der Waals surface area contributed by atoms with Crippen molar-refractivity contribution in [2.45, 2.75) is 38.1 Å². The van der Waals surface area contributed by atoms with Crippen LogP contribution in [0.3, 0.4) is 0 Å². The highest BCUT2D eigenvalue weighted by Crippen LogP contribution is 2.44. The number of aliphatic hydroxyl groups excluding tert-OH is 1. The second-order valence-electron chi connectivity index (χ2n) is 8.00. The van der Waals surface area contributed by atoms with Crippen LogP contribution in [0.4, 0.5) is 23.7 Å². The molecule has 6 nitrogen and oxygen atoms in total. The number of hydrogen-bond donors (Lipinski definition) is 1. The maximum absolute atomic E-state index is 13.5. The Morgan fingerprint density at radius 3 is 2.58 bits per heavy atom. The molecule has 2 amide bonds. The first kappa shape index (κ1) is 22.6. The third-order valence-electron chi connectivity index (χ3n) is 6.02. The maximum atomic E-state index is 13.5. The van der Waals surface area contributed by atoms with Crippen LogP contribution in [0.25, 0.3) is 0 Å². The van der Waals surface area contributed by atoms with Crippen molar-refractivity contribution in [1.29, 1.82) is 5.26 Å². The van der Waals surface area contributed by atoms with E-state index in [0.717, 1.165) is 12.1 Å². The molecule has 170 valence electrons. The number of Topliss-reactive ketones (excluding diaryl/α,β-unsaturated/α-hetero) is 1. The Labute approximate surface area is 188 Å². The quantitative estimate of drug-likeness (QED) is 0.728. The predicted octanol–water partition coefficient (Wildman–Crippen LogP) is 4.69. The largest absolute Gasteiger partial charge is 0.416 e. The van der Waals surface area contributed by atoms with Gasteiger partial charge in [0.15, 0.2) is 5.78 Å². The van der Waals surface area contributed by atoms with Crippen molar-refractivity contribution in [2.75, 3.05) is 11.9 Å². The fourth-order valence-electron chi connectivity index (χ4n) is 4.50.